The highest BCUT2D eigenvalue weighted by atomic mass is 16.6. The van der Waals surface area contributed by atoms with Crippen molar-refractivity contribution in [3.05, 3.63) is 57.8 Å². The van der Waals surface area contributed by atoms with E-state index >= 15 is 0 Å². The summed E-state index contributed by atoms with van der Waals surface area (Å²) in [5.74, 6) is 0.0664. The summed E-state index contributed by atoms with van der Waals surface area (Å²) in [6.07, 6.45) is 1.77. The third-order valence-electron chi connectivity index (χ3n) is 4.21. The number of carbonyl (C=O) groups is 1. The van der Waals surface area contributed by atoms with Gasteiger partial charge in [0.25, 0.3) is 5.69 Å². The quantitative estimate of drug-likeness (QED) is 0.377. The molecule has 1 saturated carbocycles. The van der Waals surface area contributed by atoms with Gasteiger partial charge in [-0.05, 0) is 25.0 Å². The first-order chi connectivity index (χ1) is 10.5. The van der Waals surface area contributed by atoms with E-state index in [1.165, 1.54) is 6.07 Å². The maximum absolute atomic E-state index is 12.4. The first kappa shape index (κ1) is 14.4. The van der Waals surface area contributed by atoms with E-state index in [1.54, 1.807) is 11.6 Å². The SMILES string of the molecule is Cc1c(C(=O)C2CC2)cc([N+](=O)[O-])c(-c2ccccc2)[n+]1C. The van der Waals surface area contributed by atoms with E-state index in [1.807, 2.05) is 37.3 Å². The molecule has 0 unspecified atom stereocenters. The smallest absolute Gasteiger partial charge is 0.294 e. The van der Waals surface area contributed by atoms with Crippen molar-refractivity contribution in [2.45, 2.75) is 19.8 Å². The standard InChI is InChI=1S/C17H17N2O3/c1-11-14(17(20)13-8-9-13)10-15(19(21)22)16(18(11)2)12-6-4-3-5-7-12/h3-7,10,13H,8-9H2,1-2H3/q+1. The molecule has 0 spiro atoms. The fourth-order valence-electron chi connectivity index (χ4n) is 2.72. The van der Waals surface area contributed by atoms with Crippen LogP contribution in [0.1, 0.15) is 28.9 Å². The molecule has 1 heterocycles. The van der Waals surface area contributed by atoms with E-state index in [0.717, 1.165) is 24.1 Å². The average Bonchev–Trinajstić information content (AvgIpc) is 3.34. The van der Waals surface area contributed by atoms with Gasteiger partial charge in [-0.1, -0.05) is 18.2 Å². The van der Waals surface area contributed by atoms with Crippen molar-refractivity contribution in [2.75, 3.05) is 0 Å². The first-order valence-electron chi connectivity index (χ1n) is 7.28. The maximum Gasteiger partial charge on any atom is 0.341 e. The molecule has 1 fully saturated rings. The number of Topliss-reactive ketones (excluding diaryl/α,β-unsaturated/α-hetero) is 1. The first-order valence-corrected chi connectivity index (χ1v) is 7.28. The van der Waals surface area contributed by atoms with E-state index in [-0.39, 0.29) is 17.4 Å². The molecule has 1 aliphatic rings. The van der Waals surface area contributed by atoms with Crippen LogP contribution in [0.5, 0.6) is 0 Å². The van der Waals surface area contributed by atoms with Crippen LogP contribution in [0, 0.1) is 23.0 Å². The fourth-order valence-corrected chi connectivity index (χ4v) is 2.72. The third kappa shape index (κ3) is 2.39. The summed E-state index contributed by atoms with van der Waals surface area (Å²) in [6, 6.07) is 10.7. The van der Waals surface area contributed by atoms with Gasteiger partial charge >= 0.3 is 5.69 Å². The highest BCUT2D eigenvalue weighted by Crippen LogP contribution is 2.35. The van der Waals surface area contributed by atoms with E-state index in [2.05, 4.69) is 0 Å². The number of carbonyl (C=O) groups excluding carboxylic acids is 1. The van der Waals surface area contributed by atoms with Crippen LogP contribution in [0.4, 0.5) is 5.69 Å². The third-order valence-corrected chi connectivity index (χ3v) is 4.21. The van der Waals surface area contributed by atoms with Crippen molar-refractivity contribution in [1.29, 1.82) is 0 Å². The summed E-state index contributed by atoms with van der Waals surface area (Å²) < 4.78 is 1.75. The van der Waals surface area contributed by atoms with Gasteiger partial charge in [0.05, 0.1) is 16.1 Å². The minimum absolute atomic E-state index is 0.0239. The zero-order valence-electron chi connectivity index (χ0n) is 12.6. The lowest BCUT2D eigenvalue weighted by Crippen LogP contribution is -2.37. The summed E-state index contributed by atoms with van der Waals surface area (Å²) in [5, 5.41) is 11.5. The monoisotopic (exact) mass is 297 g/mol. The Morgan fingerprint density at radius 3 is 2.45 bits per heavy atom. The number of rotatable bonds is 4. The molecular weight excluding hydrogens is 280 g/mol. The van der Waals surface area contributed by atoms with Crippen LogP contribution in [-0.2, 0) is 7.05 Å². The van der Waals surface area contributed by atoms with Crippen molar-refractivity contribution < 1.29 is 14.3 Å². The van der Waals surface area contributed by atoms with Gasteiger partial charge in [0.2, 0.25) is 0 Å². The normalized spacial score (nSPS) is 13.9. The minimum atomic E-state index is -0.411. The Bertz CT molecular complexity index is 765. The van der Waals surface area contributed by atoms with Crippen molar-refractivity contribution in [2.24, 2.45) is 13.0 Å². The Morgan fingerprint density at radius 2 is 1.91 bits per heavy atom. The van der Waals surface area contributed by atoms with E-state index in [0.29, 0.717) is 11.3 Å². The molecular formula is C17H17N2O3+. The summed E-state index contributed by atoms with van der Waals surface area (Å²) in [7, 11) is 1.77. The van der Waals surface area contributed by atoms with Crippen LogP contribution >= 0.6 is 0 Å². The fraction of sp³-hybridized carbons (Fsp3) is 0.294. The molecule has 0 radical (unpaired) electrons. The lowest BCUT2D eigenvalue weighted by molar-refractivity contribution is -0.669. The van der Waals surface area contributed by atoms with Crippen LogP contribution in [0.25, 0.3) is 11.3 Å². The van der Waals surface area contributed by atoms with Crippen molar-refractivity contribution in [3.8, 4) is 11.3 Å². The van der Waals surface area contributed by atoms with Crippen molar-refractivity contribution in [3.63, 3.8) is 0 Å². The minimum Gasteiger partial charge on any atom is -0.294 e. The Kier molecular flexibility index (Phi) is 3.48. The molecule has 0 aliphatic heterocycles. The number of aromatic nitrogens is 1. The number of nitrogens with zero attached hydrogens (tertiary/aromatic N) is 2. The number of hydrogen-bond acceptors (Lipinski definition) is 3. The van der Waals surface area contributed by atoms with E-state index < -0.39 is 4.92 Å². The molecule has 0 saturated heterocycles. The Balaban J connectivity index is 2.24. The predicted octanol–water partition coefficient (Wildman–Crippen LogP) is 2.99. The second kappa shape index (κ2) is 5.33. The number of nitro groups is 1. The molecule has 3 rings (SSSR count). The van der Waals surface area contributed by atoms with E-state index in [4.69, 9.17) is 0 Å². The highest BCUT2D eigenvalue weighted by molar-refractivity contribution is 6.00. The predicted molar refractivity (Wildman–Crippen MR) is 81.5 cm³/mol. The second-order valence-electron chi connectivity index (χ2n) is 5.70. The van der Waals surface area contributed by atoms with Crippen molar-refractivity contribution >= 4 is 11.5 Å². The molecule has 22 heavy (non-hydrogen) atoms. The summed E-state index contributed by atoms with van der Waals surface area (Å²) in [4.78, 5) is 23.5. The molecule has 0 N–H and O–H groups in total. The van der Waals surface area contributed by atoms with Gasteiger partial charge in [-0.3, -0.25) is 14.9 Å². The molecule has 2 aromatic rings. The molecule has 1 aliphatic carbocycles. The maximum atomic E-state index is 12.4. The lowest BCUT2D eigenvalue weighted by Gasteiger charge is -2.08. The molecule has 0 atom stereocenters. The van der Waals surface area contributed by atoms with Gasteiger partial charge < -0.3 is 0 Å². The second-order valence-corrected chi connectivity index (χ2v) is 5.70. The van der Waals surface area contributed by atoms with Gasteiger partial charge in [-0.2, -0.15) is 4.57 Å². The molecule has 112 valence electrons. The zero-order chi connectivity index (χ0) is 15.9. The van der Waals surface area contributed by atoms with Crippen LogP contribution < -0.4 is 4.57 Å². The van der Waals surface area contributed by atoms with Gasteiger partial charge in [0.1, 0.15) is 7.05 Å². The van der Waals surface area contributed by atoms with Crippen LogP contribution in [-0.4, -0.2) is 10.7 Å². The molecule has 1 aromatic heterocycles. The molecule has 5 heteroatoms. The number of hydrogen-bond donors (Lipinski definition) is 0. The molecule has 1 aromatic carbocycles. The topological polar surface area (TPSA) is 64.1 Å². The Morgan fingerprint density at radius 1 is 1.27 bits per heavy atom. The molecule has 0 amide bonds. The van der Waals surface area contributed by atoms with Gasteiger partial charge in [0, 0.05) is 18.9 Å². The average molecular weight is 297 g/mol. The number of pyridine rings is 1. The number of ketones is 1. The number of benzene rings is 1. The van der Waals surface area contributed by atoms with Crippen molar-refractivity contribution in [1.82, 2.24) is 0 Å². The zero-order valence-corrected chi connectivity index (χ0v) is 12.6. The lowest BCUT2D eigenvalue weighted by atomic mass is 10.0. The van der Waals surface area contributed by atoms with Crippen LogP contribution in [0.2, 0.25) is 0 Å². The van der Waals surface area contributed by atoms with Gasteiger partial charge in [-0.15, -0.1) is 0 Å². The van der Waals surface area contributed by atoms with Crippen LogP contribution in [0.15, 0.2) is 36.4 Å². The van der Waals surface area contributed by atoms with E-state index in [9.17, 15) is 14.9 Å². The van der Waals surface area contributed by atoms with Crippen LogP contribution in [0.3, 0.4) is 0 Å². The Hall–Kier alpha value is -2.56. The molecule has 5 nitrogen and oxygen atoms in total. The molecule has 0 bridgehead atoms. The summed E-state index contributed by atoms with van der Waals surface area (Å²) in [6.45, 7) is 1.84. The van der Waals surface area contributed by atoms with Gasteiger partial charge in [0.15, 0.2) is 11.5 Å². The Labute approximate surface area is 128 Å². The summed E-state index contributed by atoms with van der Waals surface area (Å²) >= 11 is 0. The largest absolute Gasteiger partial charge is 0.341 e. The van der Waals surface area contributed by atoms with Gasteiger partial charge in [-0.25, -0.2) is 0 Å². The summed E-state index contributed by atoms with van der Waals surface area (Å²) in [5.41, 5.74) is 2.50. The highest BCUT2D eigenvalue weighted by Gasteiger charge is 2.37.